The van der Waals surface area contributed by atoms with Gasteiger partial charge in [0.2, 0.25) is 0 Å². The molecule has 21 heavy (non-hydrogen) atoms. The summed E-state index contributed by atoms with van der Waals surface area (Å²) in [5.41, 5.74) is 1.91. The average molecular weight is 288 g/mol. The Hall–Kier alpha value is -1.58. The predicted octanol–water partition coefficient (Wildman–Crippen LogP) is 4.67. The molecule has 2 aliphatic carbocycles. The van der Waals surface area contributed by atoms with Crippen molar-refractivity contribution in [3.8, 4) is 0 Å². The maximum Gasteiger partial charge on any atom is 0.274 e. The number of hydrogen-bond acceptors (Lipinski definition) is 3. The van der Waals surface area contributed by atoms with E-state index < -0.39 is 0 Å². The molecule has 1 aromatic rings. The van der Waals surface area contributed by atoms with Gasteiger partial charge in [-0.15, -0.1) is 0 Å². The molecule has 2 aliphatic rings. The van der Waals surface area contributed by atoms with Gasteiger partial charge in [0.05, 0.1) is 4.92 Å². The monoisotopic (exact) mass is 288 g/mol. The first kappa shape index (κ1) is 14.4. The number of anilines is 1. The second-order valence-corrected chi connectivity index (χ2v) is 6.67. The Morgan fingerprint density at radius 1 is 1.14 bits per heavy atom. The van der Waals surface area contributed by atoms with E-state index in [1.165, 1.54) is 44.9 Å². The van der Waals surface area contributed by atoms with Crippen LogP contribution in [0.2, 0.25) is 0 Å². The maximum absolute atomic E-state index is 11.0. The van der Waals surface area contributed by atoms with E-state index in [4.69, 9.17) is 0 Å². The molecule has 2 saturated carbocycles. The molecule has 3 rings (SSSR count). The molecule has 0 bridgehead atoms. The normalized spacial score (nSPS) is 28.7. The van der Waals surface area contributed by atoms with Gasteiger partial charge in [-0.25, -0.2) is 0 Å². The largest absolute Gasteiger partial charge is 0.382 e. The number of nitrogens with one attached hydrogen (secondary N) is 1. The smallest absolute Gasteiger partial charge is 0.274 e. The lowest BCUT2D eigenvalue weighted by Gasteiger charge is -2.40. The molecule has 3 atom stereocenters. The first-order valence-electron chi connectivity index (χ1n) is 8.15. The molecule has 2 fully saturated rings. The van der Waals surface area contributed by atoms with Gasteiger partial charge in [-0.1, -0.05) is 31.7 Å². The van der Waals surface area contributed by atoms with E-state index in [1.54, 1.807) is 12.1 Å². The van der Waals surface area contributed by atoms with Crippen LogP contribution in [0.15, 0.2) is 18.2 Å². The van der Waals surface area contributed by atoms with Gasteiger partial charge in [-0.2, -0.15) is 0 Å². The van der Waals surface area contributed by atoms with Crippen molar-refractivity contribution in [2.45, 2.75) is 57.9 Å². The van der Waals surface area contributed by atoms with Crippen LogP contribution >= 0.6 is 0 Å². The second kappa shape index (κ2) is 6.04. The van der Waals surface area contributed by atoms with Crippen molar-refractivity contribution in [1.29, 1.82) is 0 Å². The van der Waals surface area contributed by atoms with Crippen LogP contribution < -0.4 is 5.32 Å². The minimum absolute atomic E-state index is 0.214. The number of nitro groups is 1. The molecule has 0 aliphatic heterocycles. The molecular formula is C17H24N2O2. The first-order chi connectivity index (χ1) is 10.1. The highest BCUT2D eigenvalue weighted by atomic mass is 16.6. The Bertz CT molecular complexity index is 530. The van der Waals surface area contributed by atoms with Gasteiger partial charge in [0.15, 0.2) is 0 Å². The first-order valence-corrected chi connectivity index (χ1v) is 8.15. The molecule has 0 saturated heterocycles. The number of nitrogens with zero attached hydrogens (tertiary/aromatic N) is 1. The quantitative estimate of drug-likeness (QED) is 0.649. The molecule has 1 aromatic carbocycles. The summed E-state index contributed by atoms with van der Waals surface area (Å²) in [6.45, 7) is 1.84. The fraction of sp³-hybridized carbons (Fsp3) is 0.647. The highest BCUT2D eigenvalue weighted by molar-refractivity contribution is 5.60. The molecule has 0 radical (unpaired) electrons. The van der Waals surface area contributed by atoms with Gasteiger partial charge < -0.3 is 5.32 Å². The van der Waals surface area contributed by atoms with Gasteiger partial charge >= 0.3 is 0 Å². The lowest BCUT2D eigenvalue weighted by molar-refractivity contribution is -0.385. The summed E-state index contributed by atoms with van der Waals surface area (Å²) in [5.74, 6) is 1.80. The molecule has 4 nitrogen and oxygen atoms in total. The van der Waals surface area contributed by atoms with Crippen molar-refractivity contribution >= 4 is 11.4 Å². The third kappa shape index (κ3) is 3.04. The summed E-state index contributed by atoms with van der Waals surface area (Å²) in [4.78, 5) is 10.7. The van der Waals surface area contributed by atoms with E-state index >= 15 is 0 Å². The summed E-state index contributed by atoms with van der Waals surface area (Å²) in [7, 11) is 0. The molecular weight excluding hydrogens is 264 g/mol. The lowest BCUT2D eigenvalue weighted by Crippen LogP contribution is -2.34. The van der Waals surface area contributed by atoms with Crippen molar-refractivity contribution in [3.63, 3.8) is 0 Å². The van der Waals surface area contributed by atoms with Crippen LogP contribution in [0.25, 0.3) is 0 Å². The van der Waals surface area contributed by atoms with Crippen LogP contribution in [-0.4, -0.2) is 11.0 Å². The third-order valence-corrected chi connectivity index (χ3v) is 5.40. The van der Waals surface area contributed by atoms with Crippen LogP contribution in [0.1, 0.15) is 50.5 Å². The molecule has 0 aromatic heterocycles. The van der Waals surface area contributed by atoms with Crippen molar-refractivity contribution in [3.05, 3.63) is 33.9 Å². The van der Waals surface area contributed by atoms with Crippen LogP contribution in [-0.2, 0) is 0 Å². The van der Waals surface area contributed by atoms with Gasteiger partial charge in [0.1, 0.15) is 0 Å². The van der Waals surface area contributed by atoms with E-state index in [-0.39, 0.29) is 10.6 Å². The molecule has 0 spiro atoms. The molecule has 3 unspecified atom stereocenters. The van der Waals surface area contributed by atoms with E-state index in [2.05, 4.69) is 5.32 Å². The minimum Gasteiger partial charge on any atom is -0.382 e. The standard InChI is InChI=1S/C17H24N2O2/c1-12-16(7-4-8-17(12)19(20)21)18-15-10-9-13-5-2-3-6-14(13)11-15/h4,7-8,13-15,18H,2-3,5-6,9-11H2,1H3. The molecule has 1 N–H and O–H groups in total. The van der Waals surface area contributed by atoms with Crippen molar-refractivity contribution in [1.82, 2.24) is 0 Å². The number of fused-ring (bicyclic) bond motifs is 1. The SMILES string of the molecule is Cc1c(NC2CCC3CCCCC3C2)cccc1[N+](=O)[O-]. The maximum atomic E-state index is 11.0. The van der Waals surface area contributed by atoms with Crippen LogP contribution in [0.3, 0.4) is 0 Å². The Morgan fingerprint density at radius 3 is 2.67 bits per heavy atom. The van der Waals surface area contributed by atoms with Gasteiger partial charge in [0, 0.05) is 23.4 Å². The van der Waals surface area contributed by atoms with E-state index in [9.17, 15) is 10.1 Å². The fourth-order valence-electron chi connectivity index (χ4n) is 4.20. The third-order valence-electron chi connectivity index (χ3n) is 5.40. The van der Waals surface area contributed by atoms with Gasteiger partial charge in [-0.3, -0.25) is 10.1 Å². The van der Waals surface area contributed by atoms with Crippen molar-refractivity contribution in [2.24, 2.45) is 11.8 Å². The minimum atomic E-state index is -0.293. The van der Waals surface area contributed by atoms with Gasteiger partial charge in [-0.05, 0) is 44.1 Å². The second-order valence-electron chi connectivity index (χ2n) is 6.67. The Balaban J connectivity index is 1.69. The van der Waals surface area contributed by atoms with E-state index in [0.29, 0.717) is 6.04 Å². The van der Waals surface area contributed by atoms with Crippen molar-refractivity contribution < 1.29 is 4.92 Å². The lowest BCUT2D eigenvalue weighted by atomic mass is 9.69. The average Bonchev–Trinajstić information content (AvgIpc) is 2.49. The Morgan fingerprint density at radius 2 is 1.90 bits per heavy atom. The summed E-state index contributed by atoms with van der Waals surface area (Å²) in [6.07, 6.45) is 9.31. The number of rotatable bonds is 3. The number of hydrogen-bond donors (Lipinski definition) is 1. The topological polar surface area (TPSA) is 55.2 Å². The summed E-state index contributed by atoms with van der Waals surface area (Å²) in [6, 6.07) is 5.80. The number of benzene rings is 1. The van der Waals surface area contributed by atoms with E-state index in [1.807, 2.05) is 13.0 Å². The molecule has 0 amide bonds. The van der Waals surface area contributed by atoms with E-state index in [0.717, 1.165) is 23.1 Å². The fourth-order valence-corrected chi connectivity index (χ4v) is 4.20. The summed E-state index contributed by atoms with van der Waals surface area (Å²) >= 11 is 0. The predicted molar refractivity (Wildman–Crippen MR) is 84.5 cm³/mol. The Kier molecular flexibility index (Phi) is 4.13. The van der Waals surface area contributed by atoms with Crippen LogP contribution in [0.4, 0.5) is 11.4 Å². The molecule has 4 heteroatoms. The zero-order valence-electron chi connectivity index (χ0n) is 12.7. The summed E-state index contributed by atoms with van der Waals surface area (Å²) < 4.78 is 0. The molecule has 114 valence electrons. The van der Waals surface area contributed by atoms with Crippen molar-refractivity contribution in [2.75, 3.05) is 5.32 Å². The van der Waals surface area contributed by atoms with Crippen LogP contribution in [0, 0.1) is 28.9 Å². The zero-order chi connectivity index (χ0) is 14.8. The van der Waals surface area contributed by atoms with Crippen LogP contribution in [0.5, 0.6) is 0 Å². The zero-order valence-corrected chi connectivity index (χ0v) is 12.7. The number of nitro benzene ring substituents is 1. The van der Waals surface area contributed by atoms with Gasteiger partial charge in [0.25, 0.3) is 5.69 Å². The summed E-state index contributed by atoms with van der Waals surface area (Å²) in [5, 5.41) is 14.6. The Labute approximate surface area is 126 Å². The highest BCUT2D eigenvalue weighted by Crippen LogP contribution is 2.41. The highest BCUT2D eigenvalue weighted by Gasteiger charge is 2.32. The molecule has 0 heterocycles.